The molecule has 12 nitrogen and oxygen atoms in total. The standard InChI is InChI=1S/C23H28N4O8/c1-3-19(28)32-13-23(14-33-20(29)4-2,15-34-21(30)5-9-26-11-7-24-17-26)16-35-22(31)6-10-27-12-8-25-18-27/h3-4,7-8,11-12,17-18H,1-2,5-6,9-10,13-16H2. The number of aromatic nitrogens is 4. The first-order valence-corrected chi connectivity index (χ1v) is 10.7. The lowest BCUT2D eigenvalue weighted by Gasteiger charge is -2.31. The third-order valence-electron chi connectivity index (χ3n) is 4.72. The maximum absolute atomic E-state index is 12.3. The summed E-state index contributed by atoms with van der Waals surface area (Å²) in [6.45, 7) is 5.92. The van der Waals surface area contributed by atoms with Crippen LogP contribution in [-0.2, 0) is 51.2 Å². The van der Waals surface area contributed by atoms with Gasteiger partial charge in [-0.2, -0.15) is 0 Å². The van der Waals surface area contributed by atoms with Crippen LogP contribution in [0.1, 0.15) is 12.8 Å². The van der Waals surface area contributed by atoms with Gasteiger partial charge in [-0.3, -0.25) is 9.59 Å². The zero-order valence-electron chi connectivity index (χ0n) is 19.2. The number of nitrogens with zero attached hydrogens (tertiary/aromatic N) is 4. The van der Waals surface area contributed by atoms with E-state index in [0.29, 0.717) is 13.1 Å². The minimum Gasteiger partial charge on any atom is -0.465 e. The number of esters is 4. The Morgan fingerprint density at radius 1 is 0.714 bits per heavy atom. The van der Waals surface area contributed by atoms with Gasteiger partial charge in [0.25, 0.3) is 0 Å². The van der Waals surface area contributed by atoms with Crippen LogP contribution in [0, 0.1) is 5.41 Å². The van der Waals surface area contributed by atoms with Crippen molar-refractivity contribution in [1.82, 2.24) is 19.1 Å². The highest BCUT2D eigenvalue weighted by Crippen LogP contribution is 2.22. The van der Waals surface area contributed by atoms with E-state index in [-0.39, 0.29) is 39.3 Å². The van der Waals surface area contributed by atoms with E-state index in [1.807, 2.05) is 0 Å². The molecule has 0 aliphatic heterocycles. The first kappa shape index (κ1) is 27.0. The van der Waals surface area contributed by atoms with Gasteiger partial charge in [-0.15, -0.1) is 0 Å². The Labute approximate surface area is 202 Å². The molecule has 0 atom stereocenters. The number of carbonyl (C=O) groups is 4. The summed E-state index contributed by atoms with van der Waals surface area (Å²) < 4.78 is 24.4. The highest BCUT2D eigenvalue weighted by Gasteiger charge is 2.37. The zero-order valence-corrected chi connectivity index (χ0v) is 19.2. The third-order valence-corrected chi connectivity index (χ3v) is 4.72. The van der Waals surface area contributed by atoms with Crippen LogP contribution in [-0.4, -0.2) is 69.4 Å². The molecule has 0 bridgehead atoms. The lowest BCUT2D eigenvalue weighted by molar-refractivity contribution is -0.167. The summed E-state index contributed by atoms with van der Waals surface area (Å²) in [5.74, 6) is -2.61. The van der Waals surface area contributed by atoms with Crippen molar-refractivity contribution in [2.24, 2.45) is 5.41 Å². The Balaban J connectivity index is 2.05. The molecule has 0 radical (unpaired) electrons. The van der Waals surface area contributed by atoms with Crippen LogP contribution in [0.4, 0.5) is 0 Å². The molecule has 12 heteroatoms. The maximum Gasteiger partial charge on any atom is 0.330 e. The van der Waals surface area contributed by atoms with Crippen molar-refractivity contribution in [3.05, 3.63) is 62.8 Å². The van der Waals surface area contributed by atoms with Crippen molar-refractivity contribution in [3.8, 4) is 0 Å². The van der Waals surface area contributed by atoms with Gasteiger partial charge in [0.15, 0.2) is 0 Å². The summed E-state index contributed by atoms with van der Waals surface area (Å²) in [4.78, 5) is 55.8. The summed E-state index contributed by atoms with van der Waals surface area (Å²) in [7, 11) is 0. The second-order valence-corrected chi connectivity index (χ2v) is 7.55. The number of ether oxygens (including phenoxy) is 4. The average Bonchev–Trinajstić information content (AvgIpc) is 3.59. The first-order chi connectivity index (χ1) is 16.9. The van der Waals surface area contributed by atoms with Crippen molar-refractivity contribution in [1.29, 1.82) is 0 Å². The van der Waals surface area contributed by atoms with Crippen LogP contribution in [0.2, 0.25) is 0 Å². The number of carbonyl (C=O) groups excluding carboxylic acids is 4. The highest BCUT2D eigenvalue weighted by atomic mass is 16.6. The fraction of sp³-hybridized carbons (Fsp3) is 0.391. The van der Waals surface area contributed by atoms with Crippen molar-refractivity contribution in [2.75, 3.05) is 26.4 Å². The van der Waals surface area contributed by atoms with E-state index in [9.17, 15) is 19.2 Å². The van der Waals surface area contributed by atoms with Crippen LogP contribution in [0.15, 0.2) is 62.8 Å². The molecule has 0 fully saturated rings. The number of aryl methyl sites for hydroxylation is 2. The largest absolute Gasteiger partial charge is 0.465 e. The molecule has 0 unspecified atom stereocenters. The van der Waals surface area contributed by atoms with Gasteiger partial charge in [-0.25, -0.2) is 19.6 Å². The Morgan fingerprint density at radius 3 is 1.46 bits per heavy atom. The molecule has 0 amide bonds. The van der Waals surface area contributed by atoms with E-state index in [0.717, 1.165) is 12.2 Å². The summed E-state index contributed by atoms with van der Waals surface area (Å²) in [6.07, 6.45) is 11.7. The fourth-order valence-electron chi connectivity index (χ4n) is 2.71. The second kappa shape index (κ2) is 14.1. The topological polar surface area (TPSA) is 141 Å². The SMILES string of the molecule is C=CC(=O)OCC(COC(=O)C=C)(COC(=O)CCn1ccnc1)COC(=O)CCn1ccnc1. The van der Waals surface area contributed by atoms with Gasteiger partial charge in [-0.1, -0.05) is 13.2 Å². The van der Waals surface area contributed by atoms with E-state index in [2.05, 4.69) is 23.1 Å². The quantitative estimate of drug-likeness (QED) is 0.191. The molecule has 0 aliphatic carbocycles. The zero-order chi connectivity index (χ0) is 25.5. The molecule has 2 heterocycles. The van der Waals surface area contributed by atoms with Crippen molar-refractivity contribution in [3.63, 3.8) is 0 Å². The number of rotatable bonds is 16. The number of hydrogen-bond acceptors (Lipinski definition) is 10. The van der Waals surface area contributed by atoms with Crippen molar-refractivity contribution in [2.45, 2.75) is 25.9 Å². The summed E-state index contributed by atoms with van der Waals surface area (Å²) in [6, 6.07) is 0. The predicted molar refractivity (Wildman–Crippen MR) is 120 cm³/mol. The smallest absolute Gasteiger partial charge is 0.330 e. The Hall–Kier alpha value is -4.22. The van der Waals surface area contributed by atoms with Gasteiger partial charge in [0.1, 0.15) is 31.8 Å². The summed E-state index contributed by atoms with van der Waals surface area (Å²) >= 11 is 0. The molecule has 0 saturated heterocycles. The third kappa shape index (κ3) is 10.1. The molecule has 0 saturated carbocycles. The maximum atomic E-state index is 12.3. The van der Waals surface area contributed by atoms with Crippen LogP contribution in [0.3, 0.4) is 0 Å². The molecule has 35 heavy (non-hydrogen) atoms. The van der Waals surface area contributed by atoms with E-state index >= 15 is 0 Å². The molecule has 188 valence electrons. The first-order valence-electron chi connectivity index (χ1n) is 10.7. The minimum atomic E-state index is -1.35. The van der Waals surface area contributed by atoms with Gasteiger partial charge in [0.05, 0.1) is 25.5 Å². The minimum absolute atomic E-state index is 0.0377. The van der Waals surface area contributed by atoms with Crippen LogP contribution in [0.25, 0.3) is 0 Å². The predicted octanol–water partition coefficient (Wildman–Crippen LogP) is 1.09. The molecule has 0 aliphatic rings. The summed E-state index contributed by atoms with van der Waals surface area (Å²) in [5.41, 5.74) is -1.35. The molecule has 2 aromatic rings. The van der Waals surface area contributed by atoms with Crippen molar-refractivity contribution < 1.29 is 38.1 Å². The van der Waals surface area contributed by atoms with Crippen LogP contribution >= 0.6 is 0 Å². The molecule has 2 rings (SSSR count). The Morgan fingerprint density at radius 2 is 1.11 bits per heavy atom. The Kier molecular flexibility index (Phi) is 10.9. The fourth-order valence-corrected chi connectivity index (χ4v) is 2.71. The Bertz CT molecular complexity index is 905. The van der Waals surface area contributed by atoms with Gasteiger partial charge in [0.2, 0.25) is 0 Å². The van der Waals surface area contributed by atoms with Gasteiger partial charge >= 0.3 is 23.9 Å². The normalized spacial score (nSPS) is 10.7. The second-order valence-electron chi connectivity index (χ2n) is 7.55. The number of imidazole rings is 2. The van der Waals surface area contributed by atoms with E-state index < -0.39 is 29.3 Å². The van der Waals surface area contributed by atoms with E-state index in [1.54, 1.807) is 46.6 Å². The van der Waals surface area contributed by atoms with Gasteiger partial charge in [0, 0.05) is 50.0 Å². The molecular formula is C23H28N4O8. The average molecular weight is 488 g/mol. The van der Waals surface area contributed by atoms with Crippen LogP contribution < -0.4 is 0 Å². The van der Waals surface area contributed by atoms with E-state index in [1.165, 1.54) is 0 Å². The van der Waals surface area contributed by atoms with Gasteiger partial charge in [-0.05, 0) is 0 Å². The highest BCUT2D eigenvalue weighted by molar-refractivity contribution is 5.81. The lowest BCUT2D eigenvalue weighted by atomic mass is 9.92. The summed E-state index contributed by atoms with van der Waals surface area (Å²) in [5, 5.41) is 0. The molecule has 0 N–H and O–H groups in total. The van der Waals surface area contributed by atoms with Crippen LogP contribution in [0.5, 0.6) is 0 Å². The molecule has 2 aromatic heterocycles. The lowest BCUT2D eigenvalue weighted by Crippen LogP contribution is -2.43. The molecule has 0 aromatic carbocycles. The molecule has 0 spiro atoms. The molecular weight excluding hydrogens is 460 g/mol. The van der Waals surface area contributed by atoms with E-state index in [4.69, 9.17) is 18.9 Å². The van der Waals surface area contributed by atoms with Gasteiger partial charge < -0.3 is 28.1 Å². The monoisotopic (exact) mass is 488 g/mol. The number of hydrogen-bond donors (Lipinski definition) is 0. The van der Waals surface area contributed by atoms with Crippen molar-refractivity contribution >= 4 is 23.9 Å².